The lowest BCUT2D eigenvalue weighted by molar-refractivity contribution is 0.0748. The highest BCUT2D eigenvalue weighted by Crippen LogP contribution is 2.15. The lowest BCUT2D eigenvalue weighted by Crippen LogP contribution is -2.39. The molecule has 1 aromatic carbocycles. The zero-order valence-corrected chi connectivity index (χ0v) is 14.8. The Morgan fingerprint density at radius 3 is 2.14 bits per heavy atom. The molecule has 0 spiro atoms. The summed E-state index contributed by atoms with van der Waals surface area (Å²) in [6, 6.07) is 7.79. The fourth-order valence-corrected chi connectivity index (χ4v) is 1.88. The third-order valence-corrected chi connectivity index (χ3v) is 3.44. The molecule has 0 aliphatic carbocycles. The highest BCUT2D eigenvalue weighted by Gasteiger charge is 2.16. The molecule has 1 amide bonds. The van der Waals surface area contributed by atoms with Crippen LogP contribution in [0.25, 0.3) is 0 Å². The van der Waals surface area contributed by atoms with Crippen LogP contribution in [0.5, 0.6) is 0 Å². The molecule has 0 aromatic heterocycles. The first-order valence-corrected chi connectivity index (χ1v) is 6.79. The summed E-state index contributed by atoms with van der Waals surface area (Å²) in [6.45, 7) is 5.58. The number of rotatable bonds is 6. The lowest BCUT2D eigenvalue weighted by atomic mass is 10.1. The van der Waals surface area contributed by atoms with Gasteiger partial charge in [-0.25, -0.2) is 0 Å². The number of nitrogens with zero attached hydrogens (tertiary/aromatic N) is 2. The molecule has 0 saturated carbocycles. The molecule has 1 rings (SSSR count). The largest absolute Gasteiger partial charge is 0.375 e. The van der Waals surface area contributed by atoms with E-state index in [9.17, 15) is 4.79 Å². The molecule has 21 heavy (non-hydrogen) atoms. The fraction of sp³-hybridized carbons (Fsp3) is 0.533. The molecule has 1 aromatic rings. The van der Waals surface area contributed by atoms with Gasteiger partial charge < -0.3 is 15.5 Å². The van der Waals surface area contributed by atoms with E-state index in [-0.39, 0.29) is 36.8 Å². The number of carbonyl (C=O) groups is 1. The summed E-state index contributed by atoms with van der Waals surface area (Å²) in [5, 5.41) is 0. The van der Waals surface area contributed by atoms with Crippen LogP contribution in [-0.4, -0.2) is 44.0 Å². The summed E-state index contributed by atoms with van der Waals surface area (Å²) in [4.78, 5) is 16.1. The quantitative estimate of drug-likeness (QED) is 0.869. The monoisotopic (exact) mass is 335 g/mol. The molecule has 122 valence electrons. The first-order chi connectivity index (χ1) is 9.01. The highest BCUT2D eigenvalue weighted by molar-refractivity contribution is 5.94. The zero-order chi connectivity index (χ0) is 14.4. The number of amides is 1. The van der Waals surface area contributed by atoms with Gasteiger partial charge in [0, 0.05) is 44.5 Å². The number of carbonyl (C=O) groups excluding carboxylic acids is 1. The minimum Gasteiger partial charge on any atom is -0.375 e. The van der Waals surface area contributed by atoms with Crippen molar-refractivity contribution in [1.29, 1.82) is 0 Å². The van der Waals surface area contributed by atoms with Crippen molar-refractivity contribution in [2.45, 2.75) is 26.3 Å². The molecular formula is C15H27Cl2N3O. The van der Waals surface area contributed by atoms with Gasteiger partial charge in [0.15, 0.2) is 0 Å². The molecule has 1 unspecified atom stereocenters. The Labute approximate surface area is 140 Å². The van der Waals surface area contributed by atoms with Gasteiger partial charge in [0.05, 0.1) is 0 Å². The first-order valence-electron chi connectivity index (χ1n) is 6.79. The molecule has 2 N–H and O–H groups in total. The average molecular weight is 336 g/mol. The van der Waals surface area contributed by atoms with Crippen molar-refractivity contribution in [3.8, 4) is 0 Å². The summed E-state index contributed by atoms with van der Waals surface area (Å²) in [6.07, 6.45) is 1.11. The normalized spacial score (nSPS) is 10.9. The van der Waals surface area contributed by atoms with Gasteiger partial charge in [-0.05, 0) is 37.6 Å². The number of hydrogen-bond acceptors (Lipinski definition) is 3. The maximum absolute atomic E-state index is 12.2. The molecule has 4 nitrogen and oxygen atoms in total. The van der Waals surface area contributed by atoms with Crippen molar-refractivity contribution in [3.63, 3.8) is 0 Å². The van der Waals surface area contributed by atoms with Gasteiger partial charge in [0.1, 0.15) is 0 Å². The summed E-state index contributed by atoms with van der Waals surface area (Å²) in [5.74, 6) is 0.0163. The number of anilines is 1. The molecule has 0 heterocycles. The second-order valence-corrected chi connectivity index (χ2v) is 4.97. The summed E-state index contributed by atoms with van der Waals surface area (Å²) >= 11 is 0. The molecule has 1 atom stereocenters. The van der Waals surface area contributed by atoms with Gasteiger partial charge in [-0.15, -0.1) is 24.8 Å². The van der Waals surface area contributed by atoms with Crippen molar-refractivity contribution in [3.05, 3.63) is 29.8 Å². The Bertz CT molecular complexity index is 412. The van der Waals surface area contributed by atoms with Crippen molar-refractivity contribution < 1.29 is 4.79 Å². The van der Waals surface area contributed by atoms with E-state index in [1.807, 2.05) is 31.2 Å². The molecular weight excluding hydrogens is 309 g/mol. The van der Waals surface area contributed by atoms with Crippen LogP contribution >= 0.6 is 24.8 Å². The van der Waals surface area contributed by atoms with Crippen LogP contribution in [0.3, 0.4) is 0 Å². The minimum atomic E-state index is 0. The first kappa shape index (κ1) is 22.3. The summed E-state index contributed by atoms with van der Waals surface area (Å²) in [7, 11) is 3.85. The molecule has 0 saturated heterocycles. The van der Waals surface area contributed by atoms with Crippen LogP contribution in [0.1, 0.15) is 30.6 Å². The van der Waals surface area contributed by atoms with Crippen molar-refractivity contribution in [1.82, 2.24) is 4.90 Å². The lowest BCUT2D eigenvalue weighted by Gasteiger charge is -2.24. The van der Waals surface area contributed by atoms with Crippen LogP contribution in [0.2, 0.25) is 0 Å². The van der Waals surface area contributed by atoms with Gasteiger partial charge in [-0.1, -0.05) is 6.92 Å². The Kier molecular flexibility index (Phi) is 11.4. The predicted molar refractivity (Wildman–Crippen MR) is 95.1 cm³/mol. The Hall–Kier alpha value is -0.970. The highest BCUT2D eigenvalue weighted by atomic mass is 35.5. The summed E-state index contributed by atoms with van der Waals surface area (Å²) < 4.78 is 0. The molecule has 0 fully saturated rings. The van der Waals surface area contributed by atoms with Crippen LogP contribution in [0.15, 0.2) is 24.3 Å². The third-order valence-electron chi connectivity index (χ3n) is 3.44. The van der Waals surface area contributed by atoms with Crippen LogP contribution in [0.4, 0.5) is 5.69 Å². The second-order valence-electron chi connectivity index (χ2n) is 4.97. The van der Waals surface area contributed by atoms with E-state index in [4.69, 9.17) is 5.73 Å². The maximum Gasteiger partial charge on any atom is 0.253 e. The van der Waals surface area contributed by atoms with E-state index in [1.54, 1.807) is 11.9 Å². The number of benzene rings is 1. The Morgan fingerprint density at radius 2 is 1.71 bits per heavy atom. The van der Waals surface area contributed by atoms with E-state index < -0.39 is 0 Å². The molecule has 0 radical (unpaired) electrons. The van der Waals surface area contributed by atoms with Crippen LogP contribution < -0.4 is 10.6 Å². The zero-order valence-electron chi connectivity index (χ0n) is 13.2. The van der Waals surface area contributed by atoms with Gasteiger partial charge in [0.25, 0.3) is 5.91 Å². The SMILES string of the molecule is CCCN(C)c1ccc(C(=O)N(C)C(C)CN)cc1.Cl.Cl. The summed E-state index contributed by atoms with van der Waals surface area (Å²) in [5.41, 5.74) is 7.42. The third kappa shape index (κ3) is 6.12. The number of hydrogen-bond donors (Lipinski definition) is 1. The van der Waals surface area contributed by atoms with E-state index >= 15 is 0 Å². The molecule has 6 heteroatoms. The molecule has 0 aliphatic rings. The van der Waals surface area contributed by atoms with Crippen LogP contribution in [0, 0.1) is 0 Å². The Balaban J connectivity index is 0. The van der Waals surface area contributed by atoms with Gasteiger partial charge >= 0.3 is 0 Å². The van der Waals surface area contributed by atoms with E-state index in [2.05, 4.69) is 18.9 Å². The standard InChI is InChI=1S/C15H25N3O.2ClH/c1-5-10-17(3)14-8-6-13(7-9-14)15(19)18(4)12(2)11-16;;/h6-9,12H,5,10-11,16H2,1-4H3;2*1H. The molecule has 0 bridgehead atoms. The van der Waals surface area contributed by atoms with Gasteiger partial charge in [-0.2, -0.15) is 0 Å². The van der Waals surface area contributed by atoms with Gasteiger partial charge in [0.2, 0.25) is 0 Å². The van der Waals surface area contributed by atoms with Crippen molar-refractivity contribution >= 4 is 36.4 Å². The number of likely N-dealkylation sites (N-methyl/N-ethyl adjacent to an activating group) is 1. The number of nitrogens with two attached hydrogens (primary N) is 1. The second kappa shape index (κ2) is 10.7. The predicted octanol–water partition coefficient (Wildman–Crippen LogP) is 2.80. The van der Waals surface area contributed by atoms with Crippen molar-refractivity contribution in [2.75, 3.05) is 32.1 Å². The average Bonchev–Trinajstić information content (AvgIpc) is 2.45. The smallest absolute Gasteiger partial charge is 0.253 e. The fourth-order valence-electron chi connectivity index (χ4n) is 1.88. The minimum absolute atomic E-state index is 0. The Morgan fingerprint density at radius 1 is 1.19 bits per heavy atom. The van der Waals surface area contributed by atoms with Gasteiger partial charge in [-0.3, -0.25) is 4.79 Å². The molecule has 0 aliphatic heterocycles. The van der Waals surface area contributed by atoms with E-state index in [0.717, 1.165) is 18.7 Å². The number of halogens is 2. The van der Waals surface area contributed by atoms with Crippen LogP contribution in [-0.2, 0) is 0 Å². The topological polar surface area (TPSA) is 49.6 Å². The maximum atomic E-state index is 12.2. The van der Waals surface area contributed by atoms with E-state index in [0.29, 0.717) is 12.1 Å². The van der Waals surface area contributed by atoms with E-state index in [1.165, 1.54) is 0 Å². The van der Waals surface area contributed by atoms with Crippen molar-refractivity contribution in [2.24, 2.45) is 5.73 Å².